The van der Waals surface area contributed by atoms with Gasteiger partial charge in [-0.1, -0.05) is 5.16 Å². The normalized spacial score (nSPS) is 15.9. The Hall–Kier alpha value is -2.90. The number of carbonyl (C=O) groups excluding carboxylic acids is 1. The number of piperidine rings is 1. The smallest absolute Gasteiger partial charge is 0.410 e. The average molecular weight is 412 g/mol. The van der Waals surface area contributed by atoms with Gasteiger partial charge in [0.05, 0.1) is 17.4 Å². The fourth-order valence-corrected chi connectivity index (χ4v) is 3.77. The van der Waals surface area contributed by atoms with Crippen LogP contribution in [0.4, 0.5) is 4.79 Å². The summed E-state index contributed by atoms with van der Waals surface area (Å²) in [6.07, 6.45) is 5.04. The maximum absolute atomic E-state index is 12.3. The van der Waals surface area contributed by atoms with Crippen LogP contribution in [0.1, 0.15) is 65.2 Å². The number of amides is 1. The number of hydrogen-bond acceptors (Lipinski definition) is 6. The molecule has 3 aromatic heterocycles. The Morgan fingerprint density at radius 1 is 1.17 bits per heavy atom. The van der Waals surface area contributed by atoms with Crippen molar-refractivity contribution in [3.63, 3.8) is 0 Å². The van der Waals surface area contributed by atoms with Crippen molar-refractivity contribution in [2.45, 2.75) is 65.0 Å². The van der Waals surface area contributed by atoms with E-state index in [1.54, 1.807) is 4.90 Å². The number of rotatable bonds is 3. The average Bonchev–Trinajstić information content (AvgIpc) is 3.33. The van der Waals surface area contributed by atoms with Crippen LogP contribution in [0.25, 0.3) is 22.3 Å². The van der Waals surface area contributed by atoms with Gasteiger partial charge in [-0.3, -0.25) is 9.67 Å². The highest BCUT2D eigenvalue weighted by molar-refractivity contribution is 5.81. The molecule has 1 fully saturated rings. The first-order valence-electron chi connectivity index (χ1n) is 10.5. The second-order valence-electron chi connectivity index (χ2n) is 9.17. The van der Waals surface area contributed by atoms with Crippen LogP contribution in [0.5, 0.6) is 0 Å². The first-order valence-corrected chi connectivity index (χ1v) is 10.5. The van der Waals surface area contributed by atoms with E-state index in [2.05, 4.69) is 29.1 Å². The Morgan fingerprint density at radius 3 is 2.57 bits per heavy atom. The summed E-state index contributed by atoms with van der Waals surface area (Å²) in [5.74, 6) is 1.07. The molecule has 4 heterocycles. The Labute approximate surface area is 176 Å². The molecule has 30 heavy (non-hydrogen) atoms. The topological polar surface area (TPSA) is 86.3 Å². The molecule has 160 valence electrons. The number of nitrogens with zero attached hydrogens (tertiary/aromatic N) is 5. The molecule has 8 heteroatoms. The van der Waals surface area contributed by atoms with E-state index in [1.807, 2.05) is 50.0 Å². The lowest BCUT2D eigenvalue weighted by Crippen LogP contribution is -2.41. The number of likely N-dealkylation sites (tertiary alicyclic amines) is 1. The lowest BCUT2D eigenvalue weighted by atomic mass is 9.94. The minimum absolute atomic E-state index is 0.231. The third kappa shape index (κ3) is 4.17. The van der Waals surface area contributed by atoms with E-state index in [-0.39, 0.29) is 18.1 Å². The molecule has 4 rings (SSSR count). The van der Waals surface area contributed by atoms with Gasteiger partial charge in [-0.2, -0.15) is 5.10 Å². The number of ether oxygens (including phenoxy) is 1. The molecule has 0 atom stereocenters. The lowest BCUT2D eigenvalue weighted by Gasteiger charge is -2.32. The zero-order valence-electron chi connectivity index (χ0n) is 18.3. The maximum atomic E-state index is 12.3. The number of pyridine rings is 1. The monoisotopic (exact) mass is 411 g/mol. The molecule has 0 aromatic carbocycles. The third-order valence-corrected chi connectivity index (χ3v) is 5.31. The van der Waals surface area contributed by atoms with Crippen LogP contribution in [0, 0.1) is 0 Å². The van der Waals surface area contributed by atoms with Gasteiger partial charge in [-0.15, -0.1) is 0 Å². The highest BCUT2D eigenvalue weighted by Gasteiger charge is 2.29. The van der Waals surface area contributed by atoms with E-state index in [4.69, 9.17) is 9.26 Å². The molecule has 3 aromatic rings. The minimum atomic E-state index is -0.479. The fourth-order valence-electron chi connectivity index (χ4n) is 3.77. The van der Waals surface area contributed by atoms with Crippen molar-refractivity contribution in [2.75, 3.05) is 13.1 Å². The molecule has 0 spiro atoms. The molecule has 1 aliphatic rings. The SMILES string of the molecule is CC(C)n1ncc2cnc(-c3cc(C4CCN(C(=O)OC(C)(C)C)CC4)on3)cc21. The summed E-state index contributed by atoms with van der Waals surface area (Å²) in [6.45, 7) is 11.1. The second kappa shape index (κ2) is 7.74. The zero-order chi connectivity index (χ0) is 21.5. The summed E-state index contributed by atoms with van der Waals surface area (Å²) < 4.78 is 13.1. The Kier molecular flexibility index (Phi) is 5.26. The summed E-state index contributed by atoms with van der Waals surface area (Å²) in [5, 5.41) is 9.70. The fraction of sp³-hybridized carbons (Fsp3) is 0.545. The molecule has 0 aliphatic carbocycles. The molecular formula is C22H29N5O3. The predicted octanol–water partition coefficient (Wildman–Crippen LogP) is 4.78. The van der Waals surface area contributed by atoms with Crippen LogP contribution in [0.3, 0.4) is 0 Å². The highest BCUT2D eigenvalue weighted by Crippen LogP contribution is 2.32. The quantitative estimate of drug-likeness (QED) is 0.616. The minimum Gasteiger partial charge on any atom is -0.444 e. The molecule has 1 amide bonds. The number of fused-ring (bicyclic) bond motifs is 1. The van der Waals surface area contributed by atoms with E-state index in [0.717, 1.165) is 40.9 Å². The molecule has 8 nitrogen and oxygen atoms in total. The van der Waals surface area contributed by atoms with E-state index >= 15 is 0 Å². The van der Waals surface area contributed by atoms with Crippen LogP contribution in [-0.2, 0) is 4.74 Å². The van der Waals surface area contributed by atoms with E-state index < -0.39 is 5.60 Å². The van der Waals surface area contributed by atoms with Crippen molar-refractivity contribution in [2.24, 2.45) is 0 Å². The van der Waals surface area contributed by atoms with Crippen LogP contribution >= 0.6 is 0 Å². The van der Waals surface area contributed by atoms with E-state index in [1.165, 1.54) is 0 Å². The van der Waals surface area contributed by atoms with Gasteiger partial charge in [0, 0.05) is 42.7 Å². The molecule has 0 unspecified atom stereocenters. The molecule has 0 radical (unpaired) electrons. The summed E-state index contributed by atoms with van der Waals surface area (Å²) in [6, 6.07) is 4.24. The van der Waals surface area contributed by atoms with Crippen LogP contribution in [-0.4, -0.2) is 49.6 Å². The first kappa shape index (κ1) is 20.4. The Bertz CT molecular complexity index is 1040. The van der Waals surface area contributed by atoms with E-state index in [9.17, 15) is 4.79 Å². The predicted molar refractivity (Wildman–Crippen MR) is 113 cm³/mol. The Balaban J connectivity index is 1.46. The van der Waals surface area contributed by atoms with Crippen molar-refractivity contribution < 1.29 is 14.1 Å². The number of carbonyl (C=O) groups is 1. The largest absolute Gasteiger partial charge is 0.444 e. The van der Waals surface area contributed by atoms with Crippen molar-refractivity contribution in [3.8, 4) is 11.4 Å². The van der Waals surface area contributed by atoms with Crippen LogP contribution < -0.4 is 0 Å². The number of aromatic nitrogens is 4. The summed E-state index contributed by atoms with van der Waals surface area (Å²) in [7, 11) is 0. The third-order valence-electron chi connectivity index (χ3n) is 5.31. The van der Waals surface area contributed by atoms with Gasteiger partial charge in [0.15, 0.2) is 0 Å². The second-order valence-corrected chi connectivity index (χ2v) is 9.17. The van der Waals surface area contributed by atoms with Crippen molar-refractivity contribution >= 4 is 17.0 Å². The summed E-state index contributed by atoms with van der Waals surface area (Å²) in [5.41, 5.74) is 2.04. The van der Waals surface area contributed by atoms with Crippen molar-refractivity contribution in [1.29, 1.82) is 0 Å². The Morgan fingerprint density at radius 2 is 1.90 bits per heavy atom. The standard InChI is InChI=1S/C22H29N5O3/c1-14(2)27-19-10-17(23-12-16(19)13-24-27)18-11-20(30-25-18)15-6-8-26(9-7-15)21(28)29-22(3,4)5/h10-15H,6-9H2,1-5H3. The lowest BCUT2D eigenvalue weighted by molar-refractivity contribution is 0.0199. The summed E-state index contributed by atoms with van der Waals surface area (Å²) >= 11 is 0. The van der Waals surface area contributed by atoms with Crippen molar-refractivity contribution in [3.05, 3.63) is 30.3 Å². The van der Waals surface area contributed by atoms with Crippen LogP contribution in [0.15, 0.2) is 29.0 Å². The highest BCUT2D eigenvalue weighted by atomic mass is 16.6. The first-order chi connectivity index (χ1) is 14.2. The zero-order valence-corrected chi connectivity index (χ0v) is 18.3. The van der Waals surface area contributed by atoms with Gasteiger partial charge in [0.25, 0.3) is 0 Å². The molecule has 1 saturated heterocycles. The molecule has 0 saturated carbocycles. The van der Waals surface area contributed by atoms with Crippen molar-refractivity contribution in [1.82, 2.24) is 24.8 Å². The van der Waals surface area contributed by atoms with Gasteiger partial charge in [0.2, 0.25) is 0 Å². The maximum Gasteiger partial charge on any atom is 0.410 e. The van der Waals surface area contributed by atoms with Gasteiger partial charge >= 0.3 is 6.09 Å². The molecule has 0 bridgehead atoms. The van der Waals surface area contributed by atoms with Gasteiger partial charge < -0.3 is 14.2 Å². The summed E-state index contributed by atoms with van der Waals surface area (Å²) in [4.78, 5) is 18.6. The van der Waals surface area contributed by atoms with Gasteiger partial charge in [0.1, 0.15) is 17.1 Å². The number of hydrogen-bond donors (Lipinski definition) is 0. The molecule has 1 aliphatic heterocycles. The van der Waals surface area contributed by atoms with Crippen LogP contribution in [0.2, 0.25) is 0 Å². The van der Waals surface area contributed by atoms with Gasteiger partial charge in [-0.25, -0.2) is 4.79 Å². The molecule has 0 N–H and O–H groups in total. The van der Waals surface area contributed by atoms with E-state index in [0.29, 0.717) is 13.1 Å². The molecular weight excluding hydrogens is 382 g/mol. The van der Waals surface area contributed by atoms with Gasteiger partial charge in [-0.05, 0) is 53.5 Å².